The molecule has 0 atom stereocenters. The van der Waals surface area contributed by atoms with E-state index in [-0.39, 0.29) is 5.91 Å². The van der Waals surface area contributed by atoms with E-state index < -0.39 is 0 Å². The maximum absolute atomic E-state index is 11.5. The monoisotopic (exact) mass is 280 g/mol. The second-order valence-electron chi connectivity index (χ2n) is 4.48. The van der Waals surface area contributed by atoms with Gasteiger partial charge in [0.05, 0.1) is 6.21 Å². The molecule has 0 bridgehead atoms. The van der Waals surface area contributed by atoms with Crippen molar-refractivity contribution in [1.29, 1.82) is 0 Å². The van der Waals surface area contributed by atoms with Gasteiger partial charge < -0.3 is 0 Å². The van der Waals surface area contributed by atoms with Crippen molar-refractivity contribution in [3.63, 3.8) is 0 Å². The molecule has 0 aliphatic heterocycles. The fourth-order valence-corrected chi connectivity index (χ4v) is 1.88. The first-order chi connectivity index (χ1) is 9.24. The molecule has 19 heavy (non-hydrogen) atoms. The highest BCUT2D eigenvalue weighted by Gasteiger charge is 1.99. The molecule has 0 saturated heterocycles. The lowest BCUT2D eigenvalue weighted by Crippen LogP contribution is -2.16. The summed E-state index contributed by atoms with van der Waals surface area (Å²) in [6.45, 7) is 2.18. The second kappa shape index (κ2) is 9.56. The summed E-state index contributed by atoms with van der Waals surface area (Å²) in [5.41, 5.74) is 3.32. The molecule has 0 fully saturated rings. The Labute approximate surface area is 120 Å². The zero-order valence-electron chi connectivity index (χ0n) is 11.4. The molecule has 1 aromatic rings. The van der Waals surface area contributed by atoms with E-state index in [1.807, 2.05) is 18.2 Å². The van der Waals surface area contributed by atoms with E-state index in [0.29, 0.717) is 11.4 Å². The Hall–Kier alpha value is -1.35. The van der Waals surface area contributed by atoms with Gasteiger partial charge in [-0.15, -0.1) is 0 Å². The molecule has 1 amide bonds. The molecule has 0 radical (unpaired) electrons. The summed E-state index contributed by atoms with van der Waals surface area (Å²) in [5.74, 6) is -0.0418. The Bertz CT molecular complexity index is 418. The van der Waals surface area contributed by atoms with Crippen molar-refractivity contribution in [3.05, 3.63) is 34.9 Å². The molecule has 0 heterocycles. The van der Waals surface area contributed by atoms with E-state index in [4.69, 9.17) is 11.6 Å². The summed E-state index contributed by atoms with van der Waals surface area (Å²) in [4.78, 5) is 11.5. The molecular weight excluding hydrogens is 260 g/mol. The Morgan fingerprint density at radius 2 is 2.00 bits per heavy atom. The number of halogens is 1. The molecule has 0 aliphatic carbocycles. The highest BCUT2D eigenvalue weighted by Crippen LogP contribution is 2.12. The predicted molar refractivity (Wildman–Crippen MR) is 80.6 cm³/mol. The Morgan fingerprint density at radius 3 is 2.74 bits per heavy atom. The van der Waals surface area contributed by atoms with Gasteiger partial charge >= 0.3 is 0 Å². The minimum Gasteiger partial charge on any atom is -0.273 e. The number of benzene rings is 1. The standard InChI is InChI=1S/C15H21ClN2O/c1-2-3-4-5-6-11-15(19)18-17-12-13-9-7-8-10-14(13)16/h7-10,12H,2-6,11H2,1H3,(H,18,19). The summed E-state index contributed by atoms with van der Waals surface area (Å²) in [7, 11) is 0. The van der Waals surface area contributed by atoms with Gasteiger partial charge in [-0.3, -0.25) is 4.79 Å². The summed E-state index contributed by atoms with van der Waals surface area (Å²) in [6, 6.07) is 7.37. The van der Waals surface area contributed by atoms with Gasteiger partial charge in [-0.25, -0.2) is 5.43 Å². The third kappa shape index (κ3) is 6.97. The molecule has 0 saturated carbocycles. The van der Waals surface area contributed by atoms with Crippen LogP contribution in [0.1, 0.15) is 51.0 Å². The van der Waals surface area contributed by atoms with Crippen molar-refractivity contribution < 1.29 is 4.79 Å². The Kier molecular flexibility index (Phi) is 7.91. The average Bonchev–Trinajstić information content (AvgIpc) is 2.41. The van der Waals surface area contributed by atoms with Crippen LogP contribution in [0.4, 0.5) is 0 Å². The zero-order chi connectivity index (χ0) is 13.9. The molecular formula is C15H21ClN2O. The third-order valence-electron chi connectivity index (χ3n) is 2.81. The Morgan fingerprint density at radius 1 is 1.26 bits per heavy atom. The van der Waals surface area contributed by atoms with Gasteiger partial charge in [0.25, 0.3) is 0 Å². The number of hydrogen-bond donors (Lipinski definition) is 1. The SMILES string of the molecule is CCCCCCCC(=O)NN=Cc1ccccc1Cl. The lowest BCUT2D eigenvalue weighted by atomic mass is 10.1. The first-order valence-electron chi connectivity index (χ1n) is 6.80. The van der Waals surface area contributed by atoms with Crippen LogP contribution >= 0.6 is 11.6 Å². The minimum atomic E-state index is -0.0418. The molecule has 0 spiro atoms. The maximum Gasteiger partial charge on any atom is 0.240 e. The number of unbranched alkanes of at least 4 members (excludes halogenated alkanes) is 4. The van der Waals surface area contributed by atoms with Crippen LogP contribution in [0.2, 0.25) is 5.02 Å². The molecule has 104 valence electrons. The number of hydrazone groups is 1. The van der Waals surface area contributed by atoms with E-state index in [2.05, 4.69) is 17.5 Å². The van der Waals surface area contributed by atoms with Crippen LogP contribution in [0, 0.1) is 0 Å². The molecule has 0 aromatic heterocycles. The van der Waals surface area contributed by atoms with Gasteiger partial charge in [-0.2, -0.15) is 5.10 Å². The quantitative estimate of drug-likeness (QED) is 0.434. The third-order valence-corrected chi connectivity index (χ3v) is 3.15. The van der Waals surface area contributed by atoms with Crippen LogP contribution in [0.25, 0.3) is 0 Å². The molecule has 1 aromatic carbocycles. The average molecular weight is 281 g/mol. The normalized spacial score (nSPS) is 10.8. The van der Waals surface area contributed by atoms with E-state index in [0.717, 1.165) is 18.4 Å². The van der Waals surface area contributed by atoms with Gasteiger partial charge in [-0.05, 0) is 12.5 Å². The molecule has 0 unspecified atom stereocenters. The largest absolute Gasteiger partial charge is 0.273 e. The van der Waals surface area contributed by atoms with E-state index in [1.54, 1.807) is 12.3 Å². The lowest BCUT2D eigenvalue weighted by Gasteiger charge is -2.00. The van der Waals surface area contributed by atoms with E-state index >= 15 is 0 Å². The van der Waals surface area contributed by atoms with Crippen molar-refractivity contribution in [1.82, 2.24) is 5.43 Å². The summed E-state index contributed by atoms with van der Waals surface area (Å²) in [5, 5.41) is 4.53. The Balaban J connectivity index is 2.21. The van der Waals surface area contributed by atoms with E-state index in [9.17, 15) is 4.79 Å². The molecule has 0 aliphatic rings. The van der Waals surface area contributed by atoms with Crippen LogP contribution in [-0.2, 0) is 4.79 Å². The summed E-state index contributed by atoms with van der Waals surface area (Å²) >= 11 is 5.97. The summed E-state index contributed by atoms with van der Waals surface area (Å²) in [6.07, 6.45) is 7.79. The number of nitrogens with zero attached hydrogens (tertiary/aromatic N) is 1. The highest BCUT2D eigenvalue weighted by atomic mass is 35.5. The molecule has 3 nitrogen and oxygen atoms in total. The van der Waals surface area contributed by atoms with Gasteiger partial charge in [0.2, 0.25) is 5.91 Å². The topological polar surface area (TPSA) is 41.5 Å². The lowest BCUT2D eigenvalue weighted by molar-refractivity contribution is -0.121. The van der Waals surface area contributed by atoms with Crippen LogP contribution < -0.4 is 5.43 Å². The predicted octanol–water partition coefficient (Wildman–Crippen LogP) is 4.15. The van der Waals surface area contributed by atoms with Crippen molar-refractivity contribution in [2.75, 3.05) is 0 Å². The second-order valence-corrected chi connectivity index (χ2v) is 4.89. The van der Waals surface area contributed by atoms with Gasteiger partial charge in [0, 0.05) is 17.0 Å². The minimum absolute atomic E-state index is 0.0418. The van der Waals surface area contributed by atoms with Crippen LogP contribution in [-0.4, -0.2) is 12.1 Å². The maximum atomic E-state index is 11.5. The highest BCUT2D eigenvalue weighted by molar-refractivity contribution is 6.33. The fourth-order valence-electron chi connectivity index (χ4n) is 1.70. The van der Waals surface area contributed by atoms with Gasteiger partial charge in [0.1, 0.15) is 0 Å². The van der Waals surface area contributed by atoms with E-state index in [1.165, 1.54) is 19.3 Å². The summed E-state index contributed by atoms with van der Waals surface area (Å²) < 4.78 is 0. The van der Waals surface area contributed by atoms with Gasteiger partial charge in [-0.1, -0.05) is 62.4 Å². The van der Waals surface area contributed by atoms with Crippen molar-refractivity contribution >= 4 is 23.7 Å². The van der Waals surface area contributed by atoms with Crippen LogP contribution in [0.15, 0.2) is 29.4 Å². The molecule has 1 N–H and O–H groups in total. The first-order valence-corrected chi connectivity index (χ1v) is 7.18. The molecule has 1 rings (SSSR count). The van der Waals surface area contributed by atoms with Crippen molar-refractivity contribution in [3.8, 4) is 0 Å². The number of carbonyl (C=O) groups is 1. The number of carbonyl (C=O) groups excluding carboxylic acids is 1. The number of rotatable bonds is 8. The number of hydrogen-bond acceptors (Lipinski definition) is 2. The van der Waals surface area contributed by atoms with Crippen molar-refractivity contribution in [2.24, 2.45) is 5.10 Å². The van der Waals surface area contributed by atoms with Crippen LogP contribution in [0.3, 0.4) is 0 Å². The van der Waals surface area contributed by atoms with Gasteiger partial charge in [0.15, 0.2) is 0 Å². The first kappa shape index (κ1) is 15.7. The van der Waals surface area contributed by atoms with Crippen molar-refractivity contribution in [2.45, 2.75) is 45.4 Å². The smallest absolute Gasteiger partial charge is 0.240 e. The molecule has 4 heteroatoms. The number of nitrogens with one attached hydrogen (secondary N) is 1. The van der Waals surface area contributed by atoms with Crippen LogP contribution in [0.5, 0.6) is 0 Å². The zero-order valence-corrected chi connectivity index (χ0v) is 12.1. The fraction of sp³-hybridized carbons (Fsp3) is 0.467. The number of amides is 1.